The van der Waals surface area contributed by atoms with Crippen LogP contribution in [-0.2, 0) is 12.8 Å². The van der Waals surface area contributed by atoms with Gasteiger partial charge in [-0.15, -0.1) is 0 Å². The van der Waals surface area contributed by atoms with Crippen molar-refractivity contribution in [3.05, 3.63) is 29.3 Å². The van der Waals surface area contributed by atoms with Crippen LogP contribution < -0.4 is 10.6 Å². The molecule has 2 heteroatoms. The summed E-state index contributed by atoms with van der Waals surface area (Å²) in [5, 5.41) is 0. The summed E-state index contributed by atoms with van der Waals surface area (Å²) in [5.74, 6) is 0. The van der Waals surface area contributed by atoms with Crippen LogP contribution in [0.25, 0.3) is 0 Å². The molecule has 0 saturated heterocycles. The van der Waals surface area contributed by atoms with Gasteiger partial charge in [-0.2, -0.15) is 0 Å². The number of benzene rings is 1. The van der Waals surface area contributed by atoms with E-state index in [1.807, 2.05) is 0 Å². The van der Waals surface area contributed by atoms with Gasteiger partial charge in [-0.05, 0) is 67.3 Å². The minimum Gasteiger partial charge on any atom is -0.375 e. The predicted molar refractivity (Wildman–Crippen MR) is 83.8 cm³/mol. The zero-order valence-corrected chi connectivity index (χ0v) is 12.7. The first-order valence-electron chi connectivity index (χ1n) is 7.55. The van der Waals surface area contributed by atoms with E-state index in [0.29, 0.717) is 0 Å². The number of aryl methyl sites for hydroxylation is 2. The summed E-state index contributed by atoms with van der Waals surface area (Å²) < 4.78 is 0. The second-order valence-corrected chi connectivity index (χ2v) is 6.70. The number of hydrogen-bond donors (Lipinski definition) is 1. The maximum absolute atomic E-state index is 5.80. The lowest BCUT2D eigenvalue weighted by atomic mass is 9.89. The lowest BCUT2D eigenvalue weighted by Crippen LogP contribution is -2.29. The number of anilines is 1. The van der Waals surface area contributed by atoms with Crippen LogP contribution in [-0.4, -0.2) is 20.1 Å². The van der Waals surface area contributed by atoms with E-state index in [9.17, 15) is 0 Å². The van der Waals surface area contributed by atoms with Crippen LogP contribution in [0.15, 0.2) is 18.2 Å². The molecule has 0 bridgehead atoms. The van der Waals surface area contributed by atoms with E-state index < -0.39 is 0 Å². The summed E-state index contributed by atoms with van der Waals surface area (Å²) in [6, 6.07) is 7.00. The van der Waals surface area contributed by atoms with Gasteiger partial charge in [-0.25, -0.2) is 0 Å². The van der Waals surface area contributed by atoms with E-state index in [0.717, 1.165) is 19.5 Å². The van der Waals surface area contributed by atoms with Gasteiger partial charge >= 0.3 is 0 Å². The van der Waals surface area contributed by atoms with Crippen molar-refractivity contribution in [1.29, 1.82) is 0 Å². The number of hydrogen-bond acceptors (Lipinski definition) is 2. The zero-order valence-electron chi connectivity index (χ0n) is 12.7. The first-order chi connectivity index (χ1) is 9.02. The molecular formula is C17H28N2. The molecule has 0 amide bonds. The lowest BCUT2D eigenvalue weighted by Gasteiger charge is -2.28. The Balaban J connectivity index is 2.01. The lowest BCUT2D eigenvalue weighted by molar-refractivity contribution is 0.351. The highest BCUT2D eigenvalue weighted by Crippen LogP contribution is 2.27. The van der Waals surface area contributed by atoms with Gasteiger partial charge < -0.3 is 10.6 Å². The van der Waals surface area contributed by atoms with E-state index in [2.05, 4.69) is 44.0 Å². The van der Waals surface area contributed by atoms with Crippen molar-refractivity contribution in [2.24, 2.45) is 11.1 Å². The molecule has 0 unspecified atom stereocenters. The molecule has 0 heterocycles. The Morgan fingerprint density at radius 2 is 1.84 bits per heavy atom. The Morgan fingerprint density at radius 1 is 1.16 bits per heavy atom. The second kappa shape index (κ2) is 5.96. The molecule has 0 aromatic heterocycles. The van der Waals surface area contributed by atoms with Crippen molar-refractivity contribution in [2.75, 3.05) is 25.0 Å². The molecule has 0 atom stereocenters. The molecule has 2 nitrogen and oxygen atoms in total. The Hall–Kier alpha value is -1.02. The fraction of sp³-hybridized carbons (Fsp3) is 0.647. The standard InChI is InChI=1S/C17H28N2/c1-17(2,13-18)10-11-19(3)16-9-8-14-6-4-5-7-15(14)12-16/h8-9,12H,4-7,10-11,13,18H2,1-3H3. The van der Waals surface area contributed by atoms with Crippen molar-refractivity contribution in [2.45, 2.75) is 46.0 Å². The molecule has 106 valence electrons. The van der Waals surface area contributed by atoms with Gasteiger partial charge in [0.2, 0.25) is 0 Å². The minimum atomic E-state index is 0.239. The van der Waals surface area contributed by atoms with Crippen molar-refractivity contribution >= 4 is 5.69 Å². The number of nitrogens with zero attached hydrogens (tertiary/aromatic N) is 1. The Labute approximate surface area is 118 Å². The molecule has 19 heavy (non-hydrogen) atoms. The summed E-state index contributed by atoms with van der Waals surface area (Å²) >= 11 is 0. The van der Waals surface area contributed by atoms with Crippen LogP contribution in [0.5, 0.6) is 0 Å². The van der Waals surface area contributed by atoms with Crippen LogP contribution in [0.2, 0.25) is 0 Å². The second-order valence-electron chi connectivity index (χ2n) is 6.70. The van der Waals surface area contributed by atoms with E-state index in [1.54, 1.807) is 11.1 Å². The Morgan fingerprint density at radius 3 is 2.53 bits per heavy atom. The van der Waals surface area contributed by atoms with Gasteiger partial charge in [0.25, 0.3) is 0 Å². The normalized spacial score (nSPS) is 15.2. The molecular weight excluding hydrogens is 232 g/mol. The molecule has 1 aliphatic carbocycles. The summed E-state index contributed by atoms with van der Waals surface area (Å²) in [4.78, 5) is 2.37. The smallest absolute Gasteiger partial charge is 0.0366 e. The third-order valence-corrected chi connectivity index (χ3v) is 4.45. The van der Waals surface area contributed by atoms with E-state index in [-0.39, 0.29) is 5.41 Å². The van der Waals surface area contributed by atoms with Crippen LogP contribution in [0, 0.1) is 5.41 Å². The first kappa shape index (κ1) is 14.4. The number of nitrogens with two attached hydrogens (primary N) is 1. The molecule has 1 aromatic rings. The van der Waals surface area contributed by atoms with Gasteiger partial charge in [0.1, 0.15) is 0 Å². The van der Waals surface area contributed by atoms with Gasteiger partial charge in [-0.3, -0.25) is 0 Å². The SMILES string of the molecule is CN(CCC(C)(C)CN)c1ccc2c(c1)CCCC2. The van der Waals surface area contributed by atoms with Crippen LogP contribution in [0.1, 0.15) is 44.2 Å². The largest absolute Gasteiger partial charge is 0.375 e. The third kappa shape index (κ3) is 3.73. The molecule has 1 aromatic carbocycles. The fourth-order valence-electron chi connectivity index (χ4n) is 2.66. The molecule has 0 aliphatic heterocycles. The van der Waals surface area contributed by atoms with Crippen LogP contribution in [0.3, 0.4) is 0 Å². The van der Waals surface area contributed by atoms with Gasteiger partial charge in [0.15, 0.2) is 0 Å². The van der Waals surface area contributed by atoms with Crippen molar-refractivity contribution < 1.29 is 0 Å². The molecule has 0 radical (unpaired) electrons. The topological polar surface area (TPSA) is 29.3 Å². The maximum atomic E-state index is 5.80. The Kier molecular flexibility index (Phi) is 4.51. The molecule has 2 rings (SSSR count). The average Bonchev–Trinajstić information content (AvgIpc) is 2.44. The summed E-state index contributed by atoms with van der Waals surface area (Å²) in [6.45, 7) is 6.31. The third-order valence-electron chi connectivity index (χ3n) is 4.45. The molecule has 0 fully saturated rings. The molecule has 2 N–H and O–H groups in total. The first-order valence-corrected chi connectivity index (χ1v) is 7.55. The van der Waals surface area contributed by atoms with Gasteiger partial charge in [0.05, 0.1) is 0 Å². The predicted octanol–water partition coefficient (Wildman–Crippen LogP) is 3.38. The van der Waals surface area contributed by atoms with Gasteiger partial charge in [-0.1, -0.05) is 19.9 Å². The number of fused-ring (bicyclic) bond motifs is 1. The zero-order chi connectivity index (χ0) is 13.9. The fourth-order valence-corrected chi connectivity index (χ4v) is 2.66. The maximum Gasteiger partial charge on any atom is 0.0366 e. The van der Waals surface area contributed by atoms with Crippen molar-refractivity contribution in [3.63, 3.8) is 0 Å². The highest BCUT2D eigenvalue weighted by atomic mass is 15.1. The molecule has 1 aliphatic rings. The Bertz CT molecular complexity index is 423. The quantitative estimate of drug-likeness (QED) is 0.879. The number of rotatable bonds is 5. The van der Waals surface area contributed by atoms with Crippen LogP contribution >= 0.6 is 0 Å². The van der Waals surface area contributed by atoms with E-state index in [1.165, 1.54) is 31.4 Å². The van der Waals surface area contributed by atoms with Gasteiger partial charge in [0, 0.05) is 19.3 Å². The minimum absolute atomic E-state index is 0.239. The molecule has 0 saturated carbocycles. The van der Waals surface area contributed by atoms with Crippen molar-refractivity contribution in [1.82, 2.24) is 0 Å². The highest BCUT2D eigenvalue weighted by molar-refractivity contribution is 5.51. The monoisotopic (exact) mass is 260 g/mol. The summed E-state index contributed by atoms with van der Waals surface area (Å²) in [6.07, 6.45) is 6.36. The van der Waals surface area contributed by atoms with Crippen molar-refractivity contribution in [3.8, 4) is 0 Å². The average molecular weight is 260 g/mol. The summed E-state index contributed by atoms with van der Waals surface area (Å²) in [5.41, 5.74) is 10.5. The van der Waals surface area contributed by atoms with E-state index in [4.69, 9.17) is 5.73 Å². The highest BCUT2D eigenvalue weighted by Gasteiger charge is 2.17. The van der Waals surface area contributed by atoms with Crippen LogP contribution in [0.4, 0.5) is 5.69 Å². The summed E-state index contributed by atoms with van der Waals surface area (Å²) in [7, 11) is 2.19. The molecule has 0 spiro atoms. The van der Waals surface area contributed by atoms with E-state index >= 15 is 0 Å².